The van der Waals surface area contributed by atoms with Crippen LogP contribution in [0.2, 0.25) is 10.0 Å². The zero-order valence-electron chi connectivity index (χ0n) is 16.3. The van der Waals surface area contributed by atoms with Gasteiger partial charge in [-0.05, 0) is 49.0 Å². The van der Waals surface area contributed by atoms with Crippen LogP contribution in [-0.4, -0.2) is 31.1 Å². The zero-order valence-corrected chi connectivity index (χ0v) is 17.8. The van der Waals surface area contributed by atoms with Gasteiger partial charge in [-0.2, -0.15) is 0 Å². The Morgan fingerprint density at radius 3 is 2.29 bits per heavy atom. The summed E-state index contributed by atoms with van der Waals surface area (Å²) in [5.74, 6) is 1.66. The van der Waals surface area contributed by atoms with Crippen molar-refractivity contribution < 1.29 is 9.47 Å². The van der Waals surface area contributed by atoms with E-state index in [0.29, 0.717) is 23.3 Å². The second kappa shape index (κ2) is 10.0. The predicted molar refractivity (Wildman–Crippen MR) is 118 cm³/mol. The average Bonchev–Trinajstić information content (AvgIpc) is 2.73. The minimum Gasteiger partial charge on any atom is -0.492 e. The summed E-state index contributed by atoms with van der Waals surface area (Å²) in [6.07, 6.45) is 0. The Hall–Kier alpha value is -1.94. The first-order chi connectivity index (χ1) is 13.6. The fraction of sp³-hybridized carbons (Fsp3) is 0.304. The molecule has 0 saturated carbocycles. The van der Waals surface area contributed by atoms with E-state index in [1.165, 1.54) is 0 Å². The van der Waals surface area contributed by atoms with Crippen molar-refractivity contribution in [2.24, 2.45) is 0 Å². The minimum atomic E-state index is 0.471. The summed E-state index contributed by atoms with van der Waals surface area (Å²) in [4.78, 5) is 2.34. The molecule has 0 spiro atoms. The molecular formula is C23H25Cl2NO2. The zero-order chi connectivity index (χ0) is 19.9. The summed E-state index contributed by atoms with van der Waals surface area (Å²) in [6, 6.07) is 17.6. The van der Waals surface area contributed by atoms with E-state index in [2.05, 4.69) is 18.7 Å². The smallest absolute Gasteiger partial charge is 0.127 e. The number of hydrogen-bond donors (Lipinski definition) is 0. The van der Waals surface area contributed by atoms with Crippen LogP contribution >= 0.6 is 23.2 Å². The first-order valence-electron chi connectivity index (χ1n) is 9.56. The topological polar surface area (TPSA) is 21.7 Å². The molecule has 0 amide bonds. The average molecular weight is 418 g/mol. The van der Waals surface area contributed by atoms with Crippen molar-refractivity contribution in [2.45, 2.75) is 20.5 Å². The molecule has 0 aliphatic heterocycles. The lowest BCUT2D eigenvalue weighted by Gasteiger charge is -2.18. The second-order valence-electron chi connectivity index (χ2n) is 6.52. The predicted octanol–water partition coefficient (Wildman–Crippen LogP) is 6.45. The van der Waals surface area contributed by atoms with Crippen LogP contribution in [0.4, 0.5) is 0 Å². The molecule has 0 bridgehead atoms. The molecule has 0 fully saturated rings. The van der Waals surface area contributed by atoms with Crippen LogP contribution in [0.3, 0.4) is 0 Å². The Balaban J connectivity index is 1.60. The number of rotatable bonds is 9. The quantitative estimate of drug-likeness (QED) is 0.399. The summed E-state index contributed by atoms with van der Waals surface area (Å²) >= 11 is 12.4. The molecule has 0 aromatic heterocycles. The summed E-state index contributed by atoms with van der Waals surface area (Å²) in [7, 11) is 0. The molecule has 0 aliphatic carbocycles. The number of fused-ring (bicyclic) bond motifs is 1. The summed E-state index contributed by atoms with van der Waals surface area (Å²) < 4.78 is 11.9. The number of halogens is 2. The molecule has 3 nitrogen and oxygen atoms in total. The molecule has 0 heterocycles. The molecule has 5 heteroatoms. The first kappa shape index (κ1) is 20.8. The van der Waals surface area contributed by atoms with Gasteiger partial charge in [-0.15, -0.1) is 0 Å². The highest BCUT2D eigenvalue weighted by Crippen LogP contribution is 2.35. The Morgan fingerprint density at radius 1 is 0.821 bits per heavy atom. The highest BCUT2D eigenvalue weighted by atomic mass is 35.5. The molecular weight excluding hydrogens is 393 g/mol. The number of benzene rings is 3. The van der Waals surface area contributed by atoms with Crippen molar-refractivity contribution in [1.82, 2.24) is 4.90 Å². The standard InChI is InChI=1S/C23H25Cl2NO2/c1-3-26(4-2)14-15-27-18-10-8-17(9-11-18)16-28-22-7-5-6-20-19(22)12-13-21(24)23(20)25/h5-13H,3-4,14-16H2,1-2H3. The highest BCUT2D eigenvalue weighted by molar-refractivity contribution is 6.45. The number of hydrogen-bond acceptors (Lipinski definition) is 3. The van der Waals surface area contributed by atoms with Crippen molar-refractivity contribution in [3.05, 3.63) is 70.2 Å². The van der Waals surface area contributed by atoms with Gasteiger partial charge in [-0.25, -0.2) is 0 Å². The maximum atomic E-state index is 6.31. The molecule has 0 N–H and O–H groups in total. The maximum Gasteiger partial charge on any atom is 0.127 e. The maximum absolute atomic E-state index is 6.31. The Labute approximate surface area is 176 Å². The van der Waals surface area contributed by atoms with Gasteiger partial charge < -0.3 is 14.4 Å². The second-order valence-corrected chi connectivity index (χ2v) is 7.31. The summed E-state index contributed by atoms with van der Waals surface area (Å²) in [5.41, 5.74) is 1.08. The summed E-state index contributed by atoms with van der Waals surface area (Å²) in [5, 5.41) is 2.94. The molecule has 3 aromatic rings. The monoisotopic (exact) mass is 417 g/mol. The lowest BCUT2D eigenvalue weighted by atomic mass is 10.1. The lowest BCUT2D eigenvalue weighted by molar-refractivity contribution is 0.222. The number of ether oxygens (including phenoxy) is 2. The number of nitrogens with zero attached hydrogens (tertiary/aromatic N) is 1. The molecule has 3 rings (SSSR count). The molecule has 148 valence electrons. The van der Waals surface area contributed by atoms with Crippen LogP contribution in [0.1, 0.15) is 19.4 Å². The third kappa shape index (κ3) is 5.11. The Bertz CT molecular complexity index is 908. The molecule has 3 aromatic carbocycles. The van der Waals surface area contributed by atoms with Crippen LogP contribution in [0.15, 0.2) is 54.6 Å². The first-order valence-corrected chi connectivity index (χ1v) is 10.3. The van der Waals surface area contributed by atoms with Gasteiger partial charge in [0, 0.05) is 17.3 Å². The normalized spacial score (nSPS) is 11.2. The van der Waals surface area contributed by atoms with Crippen molar-refractivity contribution in [3.8, 4) is 11.5 Å². The Kier molecular flexibility index (Phi) is 7.43. The summed E-state index contributed by atoms with van der Waals surface area (Å²) in [6.45, 7) is 8.51. The fourth-order valence-corrected chi connectivity index (χ4v) is 3.46. The van der Waals surface area contributed by atoms with Gasteiger partial charge in [0.25, 0.3) is 0 Å². The van der Waals surface area contributed by atoms with Gasteiger partial charge in [0.1, 0.15) is 24.7 Å². The Morgan fingerprint density at radius 2 is 1.57 bits per heavy atom. The molecule has 0 atom stereocenters. The van der Waals surface area contributed by atoms with Gasteiger partial charge in [0.2, 0.25) is 0 Å². The molecule has 0 aliphatic rings. The molecule has 0 saturated heterocycles. The van der Waals surface area contributed by atoms with Crippen LogP contribution in [0.5, 0.6) is 11.5 Å². The SMILES string of the molecule is CCN(CC)CCOc1ccc(COc2cccc3c(Cl)c(Cl)ccc23)cc1. The largest absolute Gasteiger partial charge is 0.492 e. The lowest BCUT2D eigenvalue weighted by Crippen LogP contribution is -2.27. The highest BCUT2D eigenvalue weighted by Gasteiger charge is 2.08. The van der Waals surface area contributed by atoms with Crippen LogP contribution in [-0.2, 0) is 6.61 Å². The third-order valence-corrected chi connectivity index (χ3v) is 5.62. The van der Waals surface area contributed by atoms with Gasteiger partial charge in [-0.3, -0.25) is 0 Å². The van der Waals surface area contributed by atoms with E-state index in [4.69, 9.17) is 32.7 Å². The minimum absolute atomic E-state index is 0.471. The van der Waals surface area contributed by atoms with Crippen LogP contribution in [0, 0.1) is 0 Å². The van der Waals surface area contributed by atoms with E-state index in [1.807, 2.05) is 48.5 Å². The van der Waals surface area contributed by atoms with E-state index in [1.54, 1.807) is 6.07 Å². The van der Waals surface area contributed by atoms with E-state index >= 15 is 0 Å². The molecule has 28 heavy (non-hydrogen) atoms. The van der Waals surface area contributed by atoms with E-state index in [9.17, 15) is 0 Å². The van der Waals surface area contributed by atoms with E-state index in [-0.39, 0.29) is 0 Å². The van der Waals surface area contributed by atoms with Crippen LogP contribution in [0.25, 0.3) is 10.8 Å². The number of likely N-dealkylation sites (N-methyl/N-ethyl adjacent to an activating group) is 1. The van der Waals surface area contributed by atoms with Gasteiger partial charge in [0.15, 0.2) is 0 Å². The van der Waals surface area contributed by atoms with Crippen molar-refractivity contribution in [3.63, 3.8) is 0 Å². The van der Waals surface area contributed by atoms with Crippen LogP contribution < -0.4 is 9.47 Å². The van der Waals surface area contributed by atoms with Gasteiger partial charge >= 0.3 is 0 Å². The van der Waals surface area contributed by atoms with E-state index in [0.717, 1.165) is 47.5 Å². The molecule has 0 unspecified atom stereocenters. The third-order valence-electron chi connectivity index (χ3n) is 4.80. The van der Waals surface area contributed by atoms with Crippen molar-refractivity contribution >= 4 is 34.0 Å². The van der Waals surface area contributed by atoms with Crippen molar-refractivity contribution in [1.29, 1.82) is 0 Å². The van der Waals surface area contributed by atoms with Crippen molar-refractivity contribution in [2.75, 3.05) is 26.2 Å². The van der Waals surface area contributed by atoms with E-state index < -0.39 is 0 Å². The van der Waals surface area contributed by atoms with Gasteiger partial charge in [0.05, 0.1) is 10.0 Å². The fourth-order valence-electron chi connectivity index (χ4n) is 3.07. The molecule has 0 radical (unpaired) electrons. The van der Waals surface area contributed by atoms with Gasteiger partial charge in [-0.1, -0.05) is 61.3 Å².